The molecule has 4 rings (SSSR count). The second kappa shape index (κ2) is 11.9. The number of likely N-dealkylation sites (N-methyl/N-ethyl adjacent to an activating group) is 1. The first-order chi connectivity index (χ1) is 16.3. The van der Waals surface area contributed by atoms with E-state index in [1.807, 2.05) is 7.05 Å². The summed E-state index contributed by atoms with van der Waals surface area (Å²) in [6.07, 6.45) is 1.88. The predicted octanol–water partition coefficient (Wildman–Crippen LogP) is 2.03. The van der Waals surface area contributed by atoms with Gasteiger partial charge in [0.15, 0.2) is 0 Å². The van der Waals surface area contributed by atoms with Crippen LogP contribution in [0.5, 0.6) is 0 Å². The zero-order valence-corrected chi connectivity index (χ0v) is 19.3. The van der Waals surface area contributed by atoms with Crippen molar-refractivity contribution >= 4 is 23.0 Å². The van der Waals surface area contributed by atoms with E-state index in [0.29, 0.717) is 30.3 Å². The molecule has 1 saturated carbocycles. The van der Waals surface area contributed by atoms with Crippen molar-refractivity contribution in [2.75, 3.05) is 38.5 Å². The SMILES string of the molecule is CNC1CN(C2CCC(C(O)CN)CC2)C1.O=CCNc1ncnc2ccc(C(F)(F)F)cc12. The molecule has 5 N–H and O–H groups in total. The third-order valence-electron chi connectivity index (χ3n) is 6.68. The van der Waals surface area contributed by atoms with Gasteiger partial charge in [0.1, 0.15) is 18.4 Å². The Bertz CT molecular complexity index is 931. The van der Waals surface area contributed by atoms with Crippen molar-refractivity contribution in [2.45, 2.75) is 50.0 Å². The number of aldehydes is 1. The fourth-order valence-electron chi connectivity index (χ4n) is 4.55. The number of rotatable bonds is 7. The first-order valence-electron chi connectivity index (χ1n) is 11.6. The van der Waals surface area contributed by atoms with Gasteiger partial charge in [-0.25, -0.2) is 9.97 Å². The van der Waals surface area contributed by atoms with Crippen LogP contribution in [0.4, 0.5) is 19.0 Å². The number of hydrogen-bond donors (Lipinski definition) is 4. The van der Waals surface area contributed by atoms with Crippen molar-refractivity contribution < 1.29 is 23.1 Å². The Kier molecular flexibility index (Phi) is 9.17. The molecule has 1 aromatic carbocycles. The molecular weight excluding hydrogens is 449 g/mol. The summed E-state index contributed by atoms with van der Waals surface area (Å²) in [5, 5.41) is 15.9. The maximum Gasteiger partial charge on any atom is 0.416 e. The summed E-state index contributed by atoms with van der Waals surface area (Å²) in [4.78, 5) is 20.5. The number of carbonyl (C=O) groups excluding carboxylic acids is 1. The van der Waals surface area contributed by atoms with Crippen LogP contribution in [0.25, 0.3) is 10.9 Å². The number of aromatic nitrogens is 2. The molecule has 1 aromatic heterocycles. The highest BCUT2D eigenvalue weighted by atomic mass is 19.4. The van der Waals surface area contributed by atoms with Crippen LogP contribution < -0.4 is 16.4 Å². The standard InChI is InChI=1S/C12H25N3O.C11H8F3N3O/c1-14-10-7-15(8-10)11-4-2-9(3-5-11)12(16)6-13;12-11(13,14)7-1-2-9-8(5-7)10(15-3-4-18)17-6-16-9/h9-12,14,16H,2-8,13H2,1H3;1-2,4-6H,3H2,(H,15,16,17). The molecule has 2 aliphatic rings. The Balaban J connectivity index is 0.000000192. The molecule has 11 heteroatoms. The maximum atomic E-state index is 12.6. The van der Waals surface area contributed by atoms with Gasteiger partial charge in [0.05, 0.1) is 23.7 Å². The van der Waals surface area contributed by atoms with Gasteiger partial charge < -0.3 is 26.3 Å². The van der Waals surface area contributed by atoms with E-state index in [4.69, 9.17) is 5.73 Å². The van der Waals surface area contributed by atoms with Crippen molar-refractivity contribution in [3.8, 4) is 0 Å². The van der Waals surface area contributed by atoms with E-state index in [1.165, 1.54) is 38.3 Å². The number of nitrogens with zero attached hydrogens (tertiary/aromatic N) is 3. The summed E-state index contributed by atoms with van der Waals surface area (Å²) in [5.41, 5.74) is 5.10. The van der Waals surface area contributed by atoms with Crippen LogP contribution in [-0.2, 0) is 11.0 Å². The molecule has 8 nitrogen and oxygen atoms in total. The minimum absolute atomic E-state index is 0.0254. The van der Waals surface area contributed by atoms with E-state index in [2.05, 4.69) is 25.5 Å². The van der Waals surface area contributed by atoms with E-state index < -0.39 is 11.7 Å². The molecule has 34 heavy (non-hydrogen) atoms. The average molecular weight is 483 g/mol. The highest BCUT2D eigenvalue weighted by Gasteiger charge is 2.35. The quantitative estimate of drug-likeness (QED) is 0.443. The number of aliphatic hydroxyl groups excluding tert-OH is 1. The number of alkyl halides is 3. The predicted molar refractivity (Wildman–Crippen MR) is 124 cm³/mol. The molecule has 188 valence electrons. The molecule has 1 saturated heterocycles. The summed E-state index contributed by atoms with van der Waals surface area (Å²) < 4.78 is 37.7. The molecule has 1 aliphatic heterocycles. The molecule has 0 radical (unpaired) electrons. The molecule has 1 aliphatic carbocycles. The maximum absolute atomic E-state index is 12.6. The first-order valence-corrected chi connectivity index (χ1v) is 11.6. The van der Waals surface area contributed by atoms with Gasteiger partial charge in [0.25, 0.3) is 0 Å². The molecule has 0 amide bonds. The number of aliphatic hydroxyl groups is 1. The zero-order valence-electron chi connectivity index (χ0n) is 19.3. The van der Waals surface area contributed by atoms with Gasteiger partial charge >= 0.3 is 6.18 Å². The van der Waals surface area contributed by atoms with E-state index in [-0.39, 0.29) is 23.9 Å². The zero-order chi connectivity index (χ0) is 24.7. The van der Waals surface area contributed by atoms with Crippen molar-refractivity contribution in [1.82, 2.24) is 20.2 Å². The van der Waals surface area contributed by atoms with Crippen LogP contribution in [0.2, 0.25) is 0 Å². The minimum atomic E-state index is -4.42. The molecule has 0 spiro atoms. The van der Waals surface area contributed by atoms with Gasteiger partial charge in [-0.1, -0.05) is 0 Å². The third-order valence-corrected chi connectivity index (χ3v) is 6.68. The van der Waals surface area contributed by atoms with Gasteiger partial charge in [0, 0.05) is 37.1 Å². The van der Waals surface area contributed by atoms with Crippen molar-refractivity contribution in [3.05, 3.63) is 30.1 Å². The van der Waals surface area contributed by atoms with Crippen LogP contribution in [0.15, 0.2) is 24.5 Å². The second-order valence-corrected chi connectivity index (χ2v) is 8.81. The molecule has 1 unspecified atom stereocenters. The summed E-state index contributed by atoms with van der Waals surface area (Å²) in [6.45, 7) is 2.79. The Morgan fingerprint density at radius 2 is 1.94 bits per heavy atom. The number of hydrogen-bond acceptors (Lipinski definition) is 8. The lowest BCUT2D eigenvalue weighted by Crippen LogP contribution is -2.60. The number of anilines is 1. The summed E-state index contributed by atoms with van der Waals surface area (Å²) in [7, 11) is 2.04. The number of carbonyl (C=O) groups is 1. The third kappa shape index (κ3) is 6.62. The topological polar surface area (TPSA) is 116 Å². The van der Waals surface area contributed by atoms with E-state index >= 15 is 0 Å². The number of halogens is 3. The van der Waals surface area contributed by atoms with Crippen LogP contribution in [0.3, 0.4) is 0 Å². The molecule has 0 bridgehead atoms. The molecule has 2 heterocycles. The highest BCUT2D eigenvalue weighted by molar-refractivity contribution is 5.90. The van der Waals surface area contributed by atoms with Crippen molar-refractivity contribution in [2.24, 2.45) is 11.7 Å². The lowest BCUT2D eigenvalue weighted by atomic mass is 9.81. The monoisotopic (exact) mass is 482 g/mol. The summed E-state index contributed by atoms with van der Waals surface area (Å²) >= 11 is 0. The van der Waals surface area contributed by atoms with Crippen LogP contribution >= 0.6 is 0 Å². The molecule has 2 fully saturated rings. The average Bonchev–Trinajstić information content (AvgIpc) is 2.81. The lowest BCUT2D eigenvalue weighted by molar-refractivity contribution is -0.137. The van der Waals surface area contributed by atoms with Crippen LogP contribution in [-0.4, -0.2) is 77.7 Å². The van der Waals surface area contributed by atoms with E-state index in [0.717, 1.165) is 31.0 Å². The number of nitrogens with two attached hydrogens (primary N) is 1. The Labute approximate surface area is 197 Å². The van der Waals surface area contributed by atoms with Gasteiger partial charge in [-0.2, -0.15) is 13.2 Å². The normalized spacial score (nSPS) is 22.4. The van der Waals surface area contributed by atoms with Gasteiger partial charge in [-0.3, -0.25) is 4.90 Å². The summed E-state index contributed by atoms with van der Waals surface area (Å²) in [5.74, 6) is 0.654. The fourth-order valence-corrected chi connectivity index (χ4v) is 4.55. The van der Waals surface area contributed by atoms with Gasteiger partial charge in [0.2, 0.25) is 0 Å². The van der Waals surface area contributed by atoms with E-state index in [9.17, 15) is 23.1 Å². The van der Waals surface area contributed by atoms with Crippen LogP contribution in [0.1, 0.15) is 31.2 Å². The Morgan fingerprint density at radius 3 is 2.53 bits per heavy atom. The van der Waals surface area contributed by atoms with Gasteiger partial charge in [-0.15, -0.1) is 0 Å². The lowest BCUT2D eigenvalue weighted by Gasteiger charge is -2.46. The van der Waals surface area contributed by atoms with E-state index in [1.54, 1.807) is 0 Å². The second-order valence-electron chi connectivity index (χ2n) is 8.81. The summed E-state index contributed by atoms with van der Waals surface area (Å²) in [6, 6.07) is 4.64. The Hall–Kier alpha value is -2.34. The van der Waals surface area contributed by atoms with Gasteiger partial charge in [-0.05, 0) is 56.8 Å². The minimum Gasteiger partial charge on any atom is -0.392 e. The fraction of sp³-hybridized carbons (Fsp3) is 0.609. The number of likely N-dealkylation sites (tertiary alicyclic amines) is 1. The number of nitrogens with one attached hydrogen (secondary N) is 2. The largest absolute Gasteiger partial charge is 0.416 e. The number of benzene rings is 1. The molecule has 2 aromatic rings. The smallest absolute Gasteiger partial charge is 0.392 e. The molecular formula is C23H33F3N6O2. The Morgan fingerprint density at radius 1 is 1.24 bits per heavy atom. The van der Waals surface area contributed by atoms with Crippen molar-refractivity contribution in [3.63, 3.8) is 0 Å². The molecule has 1 atom stereocenters. The van der Waals surface area contributed by atoms with Crippen LogP contribution in [0, 0.1) is 5.92 Å². The number of fused-ring (bicyclic) bond motifs is 1. The first kappa shape index (κ1) is 26.3. The highest BCUT2D eigenvalue weighted by Crippen LogP contribution is 2.33. The van der Waals surface area contributed by atoms with Crippen molar-refractivity contribution in [1.29, 1.82) is 0 Å².